The van der Waals surface area contributed by atoms with Gasteiger partial charge in [-0.1, -0.05) is 104 Å². The van der Waals surface area contributed by atoms with E-state index in [9.17, 15) is 9.59 Å². The number of rotatable bonds is 27. The van der Waals surface area contributed by atoms with Crippen LogP contribution < -0.4 is 0 Å². The second-order valence-corrected chi connectivity index (χ2v) is 18.7. The van der Waals surface area contributed by atoms with Gasteiger partial charge < -0.3 is 9.47 Å². The SMILES string of the molecule is CCCCCCCCCCON1C(C)(C)CC(OC(=O)CCCCC(=O)OC2CC(C)(C)N(OCCCCCCCCCC)C(C)(C)C2)CC1(C)C. The minimum atomic E-state index is -0.241. The van der Waals surface area contributed by atoms with Gasteiger partial charge >= 0.3 is 11.9 Å². The monoisotopic (exact) mass is 737 g/mol. The maximum Gasteiger partial charge on any atom is 0.306 e. The molecular formula is C44H84N2O6. The maximum absolute atomic E-state index is 12.9. The van der Waals surface area contributed by atoms with Crippen LogP contribution in [0.25, 0.3) is 0 Å². The Morgan fingerprint density at radius 2 is 0.712 bits per heavy atom. The molecule has 0 amide bonds. The number of hydrogen-bond acceptors (Lipinski definition) is 8. The molecule has 52 heavy (non-hydrogen) atoms. The Balaban J connectivity index is 1.66. The molecule has 2 fully saturated rings. The molecule has 0 aromatic heterocycles. The second kappa shape index (κ2) is 23.6. The van der Waals surface area contributed by atoms with E-state index in [4.69, 9.17) is 19.1 Å². The molecular weight excluding hydrogens is 652 g/mol. The third-order valence-electron chi connectivity index (χ3n) is 11.2. The summed E-state index contributed by atoms with van der Waals surface area (Å²) in [5.41, 5.74) is -0.963. The molecule has 2 aliphatic rings. The van der Waals surface area contributed by atoms with E-state index in [0.29, 0.717) is 25.7 Å². The van der Waals surface area contributed by atoms with Gasteiger partial charge in [-0.15, -0.1) is 0 Å². The average Bonchev–Trinajstić information content (AvgIpc) is 3.02. The van der Waals surface area contributed by atoms with Crippen LogP contribution in [0.1, 0.15) is 223 Å². The molecule has 0 aromatic rings. The lowest BCUT2D eigenvalue weighted by molar-refractivity contribution is -0.293. The highest BCUT2D eigenvalue weighted by Crippen LogP contribution is 2.41. The first-order valence-electron chi connectivity index (χ1n) is 21.8. The van der Waals surface area contributed by atoms with Crippen molar-refractivity contribution in [2.75, 3.05) is 13.2 Å². The number of ether oxygens (including phenoxy) is 2. The Morgan fingerprint density at radius 1 is 0.442 bits per heavy atom. The summed E-state index contributed by atoms with van der Waals surface area (Å²) in [4.78, 5) is 38.5. The maximum atomic E-state index is 12.9. The zero-order valence-electron chi connectivity index (χ0n) is 35.9. The normalized spacial score (nSPS) is 20.6. The number of nitrogens with zero attached hydrogens (tertiary/aromatic N) is 2. The summed E-state index contributed by atoms with van der Waals surface area (Å²) < 4.78 is 12.0. The third-order valence-corrected chi connectivity index (χ3v) is 11.2. The van der Waals surface area contributed by atoms with E-state index in [1.807, 2.05) is 0 Å². The van der Waals surface area contributed by atoms with Crippen molar-refractivity contribution in [2.45, 2.75) is 258 Å². The molecule has 306 valence electrons. The van der Waals surface area contributed by atoms with Gasteiger partial charge in [0, 0.05) is 60.7 Å². The number of carbonyl (C=O) groups is 2. The lowest BCUT2D eigenvalue weighted by atomic mass is 9.80. The molecule has 0 atom stereocenters. The molecule has 0 N–H and O–H groups in total. The molecule has 0 saturated carbocycles. The quantitative estimate of drug-likeness (QED) is 0.0609. The van der Waals surface area contributed by atoms with Crippen molar-refractivity contribution in [3.63, 3.8) is 0 Å². The van der Waals surface area contributed by atoms with E-state index in [-0.39, 0.29) is 46.3 Å². The van der Waals surface area contributed by atoms with Crippen LogP contribution in [-0.4, -0.2) is 69.6 Å². The molecule has 0 radical (unpaired) electrons. The van der Waals surface area contributed by atoms with Crippen LogP contribution in [0.5, 0.6) is 0 Å². The Morgan fingerprint density at radius 3 is 1.00 bits per heavy atom. The zero-order chi connectivity index (χ0) is 38.7. The molecule has 2 heterocycles. The minimum Gasteiger partial charge on any atom is -0.462 e. The summed E-state index contributed by atoms with van der Waals surface area (Å²) >= 11 is 0. The van der Waals surface area contributed by atoms with Crippen LogP contribution in [0.15, 0.2) is 0 Å². The van der Waals surface area contributed by atoms with E-state index in [2.05, 4.69) is 79.4 Å². The number of hydroxylamine groups is 4. The van der Waals surface area contributed by atoms with Gasteiger partial charge in [-0.3, -0.25) is 19.3 Å². The molecule has 0 aliphatic carbocycles. The van der Waals surface area contributed by atoms with Crippen molar-refractivity contribution >= 4 is 11.9 Å². The van der Waals surface area contributed by atoms with Crippen LogP contribution in [0.4, 0.5) is 0 Å². The molecule has 2 aliphatic heterocycles. The van der Waals surface area contributed by atoms with Gasteiger partial charge in [0.1, 0.15) is 12.2 Å². The van der Waals surface area contributed by atoms with E-state index < -0.39 is 0 Å². The van der Waals surface area contributed by atoms with E-state index in [1.165, 1.54) is 89.9 Å². The number of carbonyl (C=O) groups excluding carboxylic acids is 2. The standard InChI is InChI=1S/C44H84N2O6/c1-11-13-15-17-19-21-23-27-31-49-45-41(3,4)33-37(34-42(45,5)6)51-39(47)29-25-26-30-40(48)52-38-35-43(7,8)46(44(9,10)36-38)50-32-28-24-22-20-18-16-14-12-2/h37-38H,11-36H2,1-10H3. The molecule has 2 saturated heterocycles. The highest BCUT2D eigenvalue weighted by molar-refractivity contribution is 5.71. The second-order valence-electron chi connectivity index (χ2n) is 18.7. The zero-order valence-corrected chi connectivity index (χ0v) is 35.9. The first-order chi connectivity index (χ1) is 24.5. The average molecular weight is 737 g/mol. The summed E-state index contributed by atoms with van der Waals surface area (Å²) in [6.45, 7) is 23.5. The van der Waals surface area contributed by atoms with Gasteiger partial charge in [0.05, 0.1) is 13.2 Å². The minimum absolute atomic E-state index is 0.146. The van der Waals surface area contributed by atoms with E-state index in [0.717, 1.165) is 51.7 Å². The van der Waals surface area contributed by atoms with Gasteiger partial charge in [-0.25, -0.2) is 0 Å². The van der Waals surface area contributed by atoms with Gasteiger partial charge in [-0.2, -0.15) is 10.1 Å². The van der Waals surface area contributed by atoms with Crippen molar-refractivity contribution in [1.82, 2.24) is 10.1 Å². The van der Waals surface area contributed by atoms with Crippen molar-refractivity contribution in [2.24, 2.45) is 0 Å². The summed E-state index contributed by atoms with van der Waals surface area (Å²) in [7, 11) is 0. The molecule has 8 heteroatoms. The van der Waals surface area contributed by atoms with Gasteiger partial charge in [0.15, 0.2) is 0 Å². The summed E-state index contributed by atoms with van der Waals surface area (Å²) in [5.74, 6) is -0.359. The topological polar surface area (TPSA) is 77.5 Å². The molecule has 2 rings (SSSR count). The van der Waals surface area contributed by atoms with Crippen LogP contribution >= 0.6 is 0 Å². The van der Waals surface area contributed by atoms with Gasteiger partial charge in [-0.05, 0) is 81.1 Å². The molecule has 0 bridgehead atoms. The predicted octanol–water partition coefficient (Wildman–Crippen LogP) is 11.8. The van der Waals surface area contributed by atoms with Crippen molar-refractivity contribution in [3.8, 4) is 0 Å². The summed E-state index contributed by atoms with van der Waals surface area (Å²) in [6.07, 6.45) is 25.0. The molecule has 0 aromatic carbocycles. The lowest BCUT2D eigenvalue weighted by Crippen LogP contribution is -2.62. The van der Waals surface area contributed by atoms with Crippen LogP contribution in [-0.2, 0) is 28.7 Å². The first-order valence-corrected chi connectivity index (χ1v) is 21.8. The van der Waals surface area contributed by atoms with E-state index >= 15 is 0 Å². The predicted molar refractivity (Wildman–Crippen MR) is 214 cm³/mol. The Bertz CT molecular complexity index is 881. The van der Waals surface area contributed by atoms with Gasteiger partial charge in [0.25, 0.3) is 0 Å². The van der Waals surface area contributed by atoms with Crippen LogP contribution in [0, 0.1) is 0 Å². The fraction of sp³-hybridized carbons (Fsp3) is 0.955. The van der Waals surface area contributed by atoms with Crippen LogP contribution in [0.3, 0.4) is 0 Å². The highest BCUT2D eigenvalue weighted by atomic mass is 16.7. The Hall–Kier alpha value is -1.22. The number of esters is 2. The Labute approximate surface area is 321 Å². The van der Waals surface area contributed by atoms with Crippen molar-refractivity contribution in [1.29, 1.82) is 0 Å². The van der Waals surface area contributed by atoms with Crippen molar-refractivity contribution in [3.05, 3.63) is 0 Å². The number of hydrogen-bond donors (Lipinski definition) is 0. The molecule has 0 spiro atoms. The number of piperidine rings is 2. The first kappa shape index (κ1) is 46.9. The fourth-order valence-corrected chi connectivity index (χ4v) is 9.02. The van der Waals surface area contributed by atoms with E-state index in [1.54, 1.807) is 0 Å². The molecule has 0 unspecified atom stereocenters. The van der Waals surface area contributed by atoms with Crippen LogP contribution in [0.2, 0.25) is 0 Å². The number of unbranched alkanes of at least 4 members (excludes halogenated alkanes) is 15. The smallest absolute Gasteiger partial charge is 0.306 e. The highest BCUT2D eigenvalue weighted by Gasteiger charge is 2.49. The summed E-state index contributed by atoms with van der Waals surface area (Å²) in [6, 6.07) is 0. The van der Waals surface area contributed by atoms with Crippen molar-refractivity contribution < 1.29 is 28.7 Å². The third kappa shape index (κ3) is 17.5. The lowest BCUT2D eigenvalue weighted by Gasteiger charge is -2.53. The fourth-order valence-electron chi connectivity index (χ4n) is 9.02. The Kier molecular flexibility index (Phi) is 21.3. The van der Waals surface area contributed by atoms with Gasteiger partial charge in [0.2, 0.25) is 0 Å². The molecule has 8 nitrogen and oxygen atoms in total. The largest absolute Gasteiger partial charge is 0.462 e. The summed E-state index contributed by atoms with van der Waals surface area (Å²) in [5, 5.41) is 4.32.